The van der Waals surface area contributed by atoms with Crippen molar-refractivity contribution in [3.8, 4) is 0 Å². The summed E-state index contributed by atoms with van der Waals surface area (Å²) >= 11 is 1.61. The van der Waals surface area contributed by atoms with Crippen LogP contribution < -0.4 is 10.6 Å². The fraction of sp³-hybridized carbons (Fsp3) is 0.636. The van der Waals surface area contributed by atoms with E-state index in [1.165, 1.54) is 30.5 Å². The van der Waals surface area contributed by atoms with Crippen LogP contribution in [0.2, 0.25) is 0 Å². The number of nitrogens with one attached hydrogen (secondary N) is 2. The Bertz CT molecular complexity index is 403. The number of hydrogen-bond donors (Lipinski definition) is 2. The van der Waals surface area contributed by atoms with Gasteiger partial charge in [0.05, 0.1) is 5.69 Å². The summed E-state index contributed by atoms with van der Waals surface area (Å²) in [7, 11) is 0. The minimum Gasteiger partial charge on any atom is -0.367 e. The molecule has 4 nitrogen and oxygen atoms in total. The second-order valence-corrected chi connectivity index (χ2v) is 5.13. The molecule has 2 N–H and O–H groups in total. The Balaban J connectivity index is 1.91. The largest absolute Gasteiger partial charge is 0.367 e. The van der Waals surface area contributed by atoms with E-state index in [-0.39, 0.29) is 0 Å². The van der Waals surface area contributed by atoms with E-state index in [0.717, 1.165) is 24.1 Å². The molecular weight excluding hydrogens is 220 g/mol. The predicted octanol–water partition coefficient (Wildman–Crippen LogP) is 1.77. The van der Waals surface area contributed by atoms with Crippen LogP contribution in [0.25, 0.3) is 0 Å². The van der Waals surface area contributed by atoms with Gasteiger partial charge in [-0.2, -0.15) is 0 Å². The van der Waals surface area contributed by atoms with E-state index >= 15 is 0 Å². The molecule has 1 aromatic rings. The Labute approximate surface area is 99.6 Å². The second kappa shape index (κ2) is 4.22. The topological polar surface area (TPSA) is 49.8 Å². The Kier molecular flexibility index (Phi) is 2.73. The SMILES string of the molecule is CSc1nc2c(c(NC3CCC3)n1)CNC2. The van der Waals surface area contributed by atoms with Gasteiger partial charge >= 0.3 is 0 Å². The summed E-state index contributed by atoms with van der Waals surface area (Å²) in [6.07, 6.45) is 5.93. The quantitative estimate of drug-likeness (QED) is 0.619. The van der Waals surface area contributed by atoms with E-state index in [1.807, 2.05) is 6.26 Å². The standard InChI is InChI=1S/C11H16N4S/c1-16-11-14-9-6-12-5-8(9)10(15-11)13-7-3-2-4-7/h7,12H,2-6H2,1H3,(H,13,14,15). The summed E-state index contributed by atoms with van der Waals surface area (Å²) in [6, 6.07) is 0.634. The fourth-order valence-electron chi connectivity index (χ4n) is 2.10. The number of thioether (sulfide) groups is 1. The minimum absolute atomic E-state index is 0.634. The number of hydrogen-bond acceptors (Lipinski definition) is 5. The van der Waals surface area contributed by atoms with Gasteiger partial charge in [-0.3, -0.25) is 0 Å². The third-order valence-electron chi connectivity index (χ3n) is 3.30. The molecule has 0 unspecified atom stereocenters. The van der Waals surface area contributed by atoms with Crippen molar-refractivity contribution < 1.29 is 0 Å². The molecule has 2 heterocycles. The van der Waals surface area contributed by atoms with Gasteiger partial charge in [-0.05, 0) is 25.5 Å². The lowest BCUT2D eigenvalue weighted by Crippen LogP contribution is -2.28. The van der Waals surface area contributed by atoms with Crippen molar-refractivity contribution in [3.05, 3.63) is 11.3 Å². The highest BCUT2D eigenvalue weighted by molar-refractivity contribution is 7.98. The number of rotatable bonds is 3. The average molecular weight is 236 g/mol. The molecule has 5 heteroatoms. The summed E-state index contributed by atoms with van der Waals surface area (Å²) < 4.78 is 0. The van der Waals surface area contributed by atoms with Crippen LogP contribution in [0.3, 0.4) is 0 Å². The van der Waals surface area contributed by atoms with Crippen LogP contribution in [0, 0.1) is 0 Å². The highest BCUT2D eigenvalue weighted by Gasteiger charge is 2.23. The van der Waals surface area contributed by atoms with Crippen molar-refractivity contribution in [2.75, 3.05) is 11.6 Å². The third-order valence-corrected chi connectivity index (χ3v) is 3.84. The van der Waals surface area contributed by atoms with Crippen LogP contribution in [0.1, 0.15) is 30.5 Å². The van der Waals surface area contributed by atoms with Crippen LogP contribution >= 0.6 is 11.8 Å². The first-order chi connectivity index (χ1) is 7.86. The molecule has 86 valence electrons. The Morgan fingerprint density at radius 2 is 2.19 bits per heavy atom. The monoisotopic (exact) mass is 236 g/mol. The summed E-state index contributed by atoms with van der Waals surface area (Å²) in [5.74, 6) is 1.06. The Morgan fingerprint density at radius 3 is 2.88 bits per heavy atom. The van der Waals surface area contributed by atoms with Crippen LogP contribution in [-0.4, -0.2) is 22.3 Å². The maximum absolute atomic E-state index is 4.59. The lowest BCUT2D eigenvalue weighted by atomic mass is 9.93. The molecule has 0 spiro atoms. The van der Waals surface area contributed by atoms with Crippen LogP contribution in [-0.2, 0) is 13.1 Å². The van der Waals surface area contributed by atoms with E-state index in [4.69, 9.17) is 0 Å². The van der Waals surface area contributed by atoms with Gasteiger partial charge in [0.15, 0.2) is 5.16 Å². The van der Waals surface area contributed by atoms with Gasteiger partial charge in [-0.25, -0.2) is 9.97 Å². The summed E-state index contributed by atoms with van der Waals surface area (Å²) in [6.45, 7) is 1.78. The summed E-state index contributed by atoms with van der Waals surface area (Å²) in [5, 5.41) is 7.76. The maximum atomic E-state index is 4.59. The van der Waals surface area contributed by atoms with E-state index in [0.29, 0.717) is 6.04 Å². The molecule has 1 aromatic heterocycles. The van der Waals surface area contributed by atoms with Crippen molar-refractivity contribution in [1.29, 1.82) is 0 Å². The predicted molar refractivity (Wildman–Crippen MR) is 65.6 cm³/mol. The summed E-state index contributed by atoms with van der Waals surface area (Å²) in [4.78, 5) is 9.12. The van der Waals surface area contributed by atoms with Crippen LogP contribution in [0.15, 0.2) is 5.16 Å². The second-order valence-electron chi connectivity index (χ2n) is 4.36. The normalized spacial score (nSPS) is 19.3. The molecule has 1 fully saturated rings. The van der Waals surface area contributed by atoms with Gasteiger partial charge < -0.3 is 10.6 Å². The minimum atomic E-state index is 0.634. The van der Waals surface area contributed by atoms with E-state index in [2.05, 4.69) is 20.6 Å². The highest BCUT2D eigenvalue weighted by Crippen LogP contribution is 2.28. The maximum Gasteiger partial charge on any atom is 0.189 e. The van der Waals surface area contributed by atoms with Gasteiger partial charge in [0, 0.05) is 24.7 Å². The third kappa shape index (κ3) is 1.78. The summed E-state index contributed by atoms with van der Waals surface area (Å²) in [5.41, 5.74) is 2.44. The van der Waals surface area contributed by atoms with Gasteiger partial charge in [0.1, 0.15) is 5.82 Å². The molecule has 0 aromatic carbocycles. The number of anilines is 1. The smallest absolute Gasteiger partial charge is 0.189 e. The van der Waals surface area contributed by atoms with E-state index in [1.54, 1.807) is 11.8 Å². The van der Waals surface area contributed by atoms with E-state index in [9.17, 15) is 0 Å². The molecule has 16 heavy (non-hydrogen) atoms. The Morgan fingerprint density at radius 1 is 1.31 bits per heavy atom. The van der Waals surface area contributed by atoms with Crippen LogP contribution in [0.5, 0.6) is 0 Å². The van der Waals surface area contributed by atoms with Crippen molar-refractivity contribution in [2.24, 2.45) is 0 Å². The fourth-order valence-corrected chi connectivity index (χ4v) is 2.49. The van der Waals surface area contributed by atoms with Gasteiger partial charge in [-0.15, -0.1) is 0 Å². The molecule has 0 radical (unpaired) electrons. The first kappa shape index (κ1) is 10.4. The van der Waals surface area contributed by atoms with Crippen molar-refractivity contribution in [3.63, 3.8) is 0 Å². The molecule has 1 saturated carbocycles. The molecule has 0 atom stereocenters. The first-order valence-electron chi connectivity index (χ1n) is 5.78. The van der Waals surface area contributed by atoms with Gasteiger partial charge in [-0.1, -0.05) is 11.8 Å². The number of nitrogens with zero attached hydrogens (tertiary/aromatic N) is 2. The zero-order chi connectivity index (χ0) is 11.0. The molecular formula is C11H16N4S. The lowest BCUT2D eigenvalue weighted by molar-refractivity contribution is 0.443. The first-order valence-corrected chi connectivity index (χ1v) is 7.00. The van der Waals surface area contributed by atoms with Crippen molar-refractivity contribution >= 4 is 17.6 Å². The van der Waals surface area contributed by atoms with Gasteiger partial charge in [0.2, 0.25) is 0 Å². The lowest BCUT2D eigenvalue weighted by Gasteiger charge is -2.27. The number of aromatic nitrogens is 2. The molecule has 3 rings (SSSR count). The van der Waals surface area contributed by atoms with Gasteiger partial charge in [0.25, 0.3) is 0 Å². The molecule has 1 aliphatic carbocycles. The zero-order valence-electron chi connectivity index (χ0n) is 9.42. The highest BCUT2D eigenvalue weighted by atomic mass is 32.2. The van der Waals surface area contributed by atoms with Crippen LogP contribution in [0.4, 0.5) is 5.82 Å². The zero-order valence-corrected chi connectivity index (χ0v) is 10.2. The molecule has 2 aliphatic rings. The van der Waals surface area contributed by atoms with Crippen molar-refractivity contribution in [2.45, 2.75) is 43.6 Å². The molecule has 0 bridgehead atoms. The van der Waals surface area contributed by atoms with Crippen molar-refractivity contribution in [1.82, 2.24) is 15.3 Å². The molecule has 0 amide bonds. The number of fused-ring (bicyclic) bond motifs is 1. The average Bonchev–Trinajstić information content (AvgIpc) is 2.70. The molecule has 0 saturated heterocycles. The van der Waals surface area contributed by atoms with E-state index < -0.39 is 0 Å². The Hall–Kier alpha value is -0.810. The molecule has 1 aliphatic heterocycles.